The Labute approximate surface area is 93.1 Å². The van der Waals surface area contributed by atoms with E-state index in [4.69, 9.17) is 4.74 Å². The molecule has 3 heteroatoms. The molecule has 0 heterocycles. The molecule has 0 saturated heterocycles. The zero-order valence-electron chi connectivity index (χ0n) is 10.2. The first-order valence-corrected chi connectivity index (χ1v) is 5.48. The van der Waals surface area contributed by atoms with Gasteiger partial charge in [0.05, 0.1) is 7.11 Å². The number of rotatable bonds is 8. The summed E-state index contributed by atoms with van der Waals surface area (Å²) in [5.41, 5.74) is 0. The molecule has 0 spiro atoms. The van der Waals surface area contributed by atoms with Crippen molar-refractivity contribution in [3.05, 3.63) is 12.7 Å². The Morgan fingerprint density at radius 2 is 2.07 bits per heavy atom. The summed E-state index contributed by atoms with van der Waals surface area (Å²) in [4.78, 5) is 13.3. The Morgan fingerprint density at radius 1 is 1.40 bits per heavy atom. The van der Waals surface area contributed by atoms with E-state index in [0.717, 1.165) is 32.1 Å². The molecule has 0 amide bonds. The molecule has 0 aliphatic carbocycles. The largest absolute Gasteiger partial charge is 0.468 e. The van der Waals surface area contributed by atoms with Gasteiger partial charge in [-0.1, -0.05) is 18.9 Å². The molecule has 88 valence electrons. The van der Waals surface area contributed by atoms with Gasteiger partial charge >= 0.3 is 5.97 Å². The number of carbonyl (C=O) groups excluding carboxylic acids is 1. The maximum absolute atomic E-state index is 11.4. The third-order valence-electron chi connectivity index (χ3n) is 2.48. The van der Waals surface area contributed by atoms with Crippen molar-refractivity contribution in [2.75, 3.05) is 21.2 Å². The highest BCUT2D eigenvalue weighted by Gasteiger charge is 2.20. The fourth-order valence-corrected chi connectivity index (χ4v) is 1.53. The lowest BCUT2D eigenvalue weighted by atomic mass is 10.1. The molecule has 0 aromatic rings. The quantitative estimate of drug-likeness (QED) is 0.352. The van der Waals surface area contributed by atoms with Crippen LogP contribution >= 0.6 is 0 Å². The average molecular weight is 213 g/mol. The van der Waals surface area contributed by atoms with Crippen LogP contribution in [-0.2, 0) is 9.53 Å². The van der Waals surface area contributed by atoms with Gasteiger partial charge in [0, 0.05) is 0 Å². The summed E-state index contributed by atoms with van der Waals surface area (Å²) in [6.45, 7) is 3.68. The van der Waals surface area contributed by atoms with Gasteiger partial charge in [0.2, 0.25) is 0 Å². The molecule has 0 bridgehead atoms. The van der Waals surface area contributed by atoms with Gasteiger partial charge in [-0.3, -0.25) is 9.69 Å². The van der Waals surface area contributed by atoms with Crippen LogP contribution in [0.15, 0.2) is 12.7 Å². The van der Waals surface area contributed by atoms with Gasteiger partial charge < -0.3 is 4.74 Å². The van der Waals surface area contributed by atoms with Crippen LogP contribution in [0.25, 0.3) is 0 Å². The smallest absolute Gasteiger partial charge is 0.323 e. The summed E-state index contributed by atoms with van der Waals surface area (Å²) in [7, 11) is 5.26. The highest BCUT2D eigenvalue weighted by atomic mass is 16.5. The van der Waals surface area contributed by atoms with Gasteiger partial charge in [0.25, 0.3) is 0 Å². The van der Waals surface area contributed by atoms with Crippen LogP contribution < -0.4 is 0 Å². The highest BCUT2D eigenvalue weighted by molar-refractivity contribution is 5.75. The Hall–Kier alpha value is -0.830. The van der Waals surface area contributed by atoms with Crippen LogP contribution in [0.3, 0.4) is 0 Å². The predicted octanol–water partition coefficient (Wildman–Crippen LogP) is 2.23. The Balaban J connectivity index is 3.76. The van der Waals surface area contributed by atoms with E-state index in [2.05, 4.69) is 6.58 Å². The molecule has 0 saturated carbocycles. The summed E-state index contributed by atoms with van der Waals surface area (Å²) >= 11 is 0. The second-order valence-corrected chi connectivity index (χ2v) is 3.93. The number of likely N-dealkylation sites (N-methyl/N-ethyl adjacent to an activating group) is 1. The van der Waals surface area contributed by atoms with E-state index in [1.807, 2.05) is 25.1 Å². The molecule has 0 aromatic carbocycles. The van der Waals surface area contributed by atoms with Gasteiger partial charge in [-0.05, 0) is 33.4 Å². The van der Waals surface area contributed by atoms with Gasteiger partial charge in [-0.25, -0.2) is 0 Å². The molecular weight excluding hydrogens is 190 g/mol. The minimum Gasteiger partial charge on any atom is -0.468 e. The van der Waals surface area contributed by atoms with Gasteiger partial charge in [-0.2, -0.15) is 0 Å². The first-order chi connectivity index (χ1) is 7.13. The van der Waals surface area contributed by atoms with Crippen molar-refractivity contribution < 1.29 is 9.53 Å². The van der Waals surface area contributed by atoms with Crippen molar-refractivity contribution in [1.82, 2.24) is 4.90 Å². The number of carbonyl (C=O) groups is 1. The number of unbranched alkanes of at least 4 members (excludes halogenated alkanes) is 3. The van der Waals surface area contributed by atoms with E-state index in [0.29, 0.717) is 0 Å². The number of esters is 1. The van der Waals surface area contributed by atoms with E-state index < -0.39 is 0 Å². The minimum absolute atomic E-state index is 0.0984. The number of allylic oxidation sites excluding steroid dienone is 1. The lowest BCUT2D eigenvalue weighted by molar-refractivity contribution is -0.146. The summed E-state index contributed by atoms with van der Waals surface area (Å²) in [6, 6.07) is -0.0984. The second-order valence-electron chi connectivity index (χ2n) is 3.93. The molecule has 3 nitrogen and oxygen atoms in total. The van der Waals surface area contributed by atoms with Crippen LogP contribution in [0.2, 0.25) is 0 Å². The summed E-state index contributed by atoms with van der Waals surface area (Å²) in [6.07, 6.45) is 7.23. The van der Waals surface area contributed by atoms with Gasteiger partial charge in [0.1, 0.15) is 6.04 Å². The molecule has 0 radical (unpaired) electrons. The maximum atomic E-state index is 11.4. The fourth-order valence-electron chi connectivity index (χ4n) is 1.53. The van der Waals surface area contributed by atoms with Crippen molar-refractivity contribution in [3.8, 4) is 0 Å². The van der Waals surface area contributed by atoms with Crippen molar-refractivity contribution in [2.24, 2.45) is 0 Å². The number of ether oxygens (including phenoxy) is 1. The average Bonchev–Trinajstić information content (AvgIpc) is 2.22. The van der Waals surface area contributed by atoms with Gasteiger partial charge in [0.15, 0.2) is 0 Å². The predicted molar refractivity (Wildman–Crippen MR) is 62.8 cm³/mol. The van der Waals surface area contributed by atoms with E-state index in [9.17, 15) is 4.79 Å². The topological polar surface area (TPSA) is 29.5 Å². The molecule has 15 heavy (non-hydrogen) atoms. The highest BCUT2D eigenvalue weighted by Crippen LogP contribution is 2.10. The molecule has 0 unspecified atom stereocenters. The third-order valence-corrected chi connectivity index (χ3v) is 2.48. The minimum atomic E-state index is -0.135. The zero-order chi connectivity index (χ0) is 11.7. The summed E-state index contributed by atoms with van der Waals surface area (Å²) < 4.78 is 4.76. The molecular formula is C12H23NO2. The van der Waals surface area contributed by atoms with Gasteiger partial charge in [-0.15, -0.1) is 6.58 Å². The molecule has 0 aliphatic rings. The Morgan fingerprint density at radius 3 is 2.53 bits per heavy atom. The molecule has 0 aromatic heterocycles. The molecule has 0 rings (SSSR count). The normalized spacial score (nSPS) is 12.5. The van der Waals surface area contributed by atoms with E-state index in [1.54, 1.807) is 0 Å². The molecule has 0 fully saturated rings. The summed E-state index contributed by atoms with van der Waals surface area (Å²) in [5, 5.41) is 0. The number of hydrogen-bond donors (Lipinski definition) is 0. The fraction of sp³-hybridized carbons (Fsp3) is 0.750. The number of nitrogens with zero attached hydrogens (tertiary/aromatic N) is 1. The van der Waals surface area contributed by atoms with Crippen molar-refractivity contribution in [3.63, 3.8) is 0 Å². The van der Waals surface area contributed by atoms with Crippen LogP contribution in [0.1, 0.15) is 32.1 Å². The second kappa shape index (κ2) is 8.48. The number of hydrogen-bond acceptors (Lipinski definition) is 3. The maximum Gasteiger partial charge on any atom is 0.323 e. The van der Waals surface area contributed by atoms with Crippen molar-refractivity contribution in [1.29, 1.82) is 0 Å². The third kappa shape index (κ3) is 6.28. The van der Waals surface area contributed by atoms with Crippen molar-refractivity contribution in [2.45, 2.75) is 38.1 Å². The SMILES string of the molecule is C=CCCCCC[C@@H](C(=O)OC)N(C)C. The molecule has 0 N–H and O–H groups in total. The first-order valence-electron chi connectivity index (χ1n) is 5.48. The monoisotopic (exact) mass is 213 g/mol. The van der Waals surface area contributed by atoms with E-state index >= 15 is 0 Å². The first kappa shape index (κ1) is 14.2. The van der Waals surface area contributed by atoms with E-state index in [-0.39, 0.29) is 12.0 Å². The molecule has 0 aliphatic heterocycles. The van der Waals surface area contributed by atoms with Crippen LogP contribution in [0.5, 0.6) is 0 Å². The lowest BCUT2D eigenvalue weighted by Gasteiger charge is -2.21. The Bertz CT molecular complexity index is 190. The van der Waals surface area contributed by atoms with Crippen LogP contribution in [0.4, 0.5) is 0 Å². The lowest BCUT2D eigenvalue weighted by Crippen LogP contribution is -2.36. The standard InChI is InChI=1S/C12H23NO2/c1-5-6-7-8-9-10-11(13(2)3)12(14)15-4/h5,11H,1,6-10H2,2-4H3/t11-/m0/s1. The van der Waals surface area contributed by atoms with Crippen LogP contribution in [0, 0.1) is 0 Å². The zero-order valence-corrected chi connectivity index (χ0v) is 10.2. The molecule has 1 atom stereocenters. The number of methoxy groups -OCH3 is 1. The van der Waals surface area contributed by atoms with Crippen molar-refractivity contribution >= 4 is 5.97 Å². The Kier molecular flexibility index (Phi) is 8.01. The summed E-state index contributed by atoms with van der Waals surface area (Å²) in [5.74, 6) is -0.135. The van der Waals surface area contributed by atoms with Crippen LogP contribution in [-0.4, -0.2) is 38.1 Å². The van der Waals surface area contributed by atoms with E-state index in [1.165, 1.54) is 7.11 Å².